The molecule has 0 radical (unpaired) electrons. The molecule has 8 heteroatoms. The Morgan fingerprint density at radius 3 is 2.30 bits per heavy atom. The van der Waals surface area contributed by atoms with Crippen LogP contribution in [0.4, 0.5) is 5.82 Å². The average Bonchev–Trinajstić information content (AvgIpc) is 2.32. The van der Waals surface area contributed by atoms with Crippen LogP contribution in [0.1, 0.15) is 5.69 Å². The van der Waals surface area contributed by atoms with Gasteiger partial charge in [-0.3, -0.25) is 4.72 Å². The number of aryl methyl sites for hydroxylation is 1. The van der Waals surface area contributed by atoms with Gasteiger partial charge in [0.15, 0.2) is 0 Å². The van der Waals surface area contributed by atoms with Crippen molar-refractivity contribution >= 4 is 55.0 Å². The summed E-state index contributed by atoms with van der Waals surface area (Å²) >= 11 is 14.9. The molecule has 106 valence electrons. The highest BCUT2D eigenvalue weighted by molar-refractivity contribution is 9.10. The van der Waals surface area contributed by atoms with E-state index in [0.29, 0.717) is 5.69 Å². The molecule has 1 aromatic carbocycles. The van der Waals surface area contributed by atoms with Crippen LogP contribution in [0.3, 0.4) is 0 Å². The number of aromatic nitrogens is 1. The van der Waals surface area contributed by atoms with Crippen LogP contribution in [-0.4, -0.2) is 13.4 Å². The summed E-state index contributed by atoms with van der Waals surface area (Å²) in [6.45, 7) is 1.76. The molecule has 0 saturated carbocycles. The van der Waals surface area contributed by atoms with Crippen LogP contribution in [0.25, 0.3) is 0 Å². The van der Waals surface area contributed by atoms with E-state index in [-0.39, 0.29) is 20.8 Å². The van der Waals surface area contributed by atoms with Gasteiger partial charge in [-0.25, -0.2) is 13.4 Å². The molecule has 0 aliphatic carbocycles. The molecule has 0 atom stereocenters. The minimum absolute atomic E-state index is 0.0163. The number of nitrogens with one attached hydrogen (secondary N) is 1. The zero-order valence-corrected chi connectivity index (χ0v) is 14.1. The molecule has 0 spiro atoms. The van der Waals surface area contributed by atoms with E-state index in [1.807, 2.05) is 0 Å². The lowest BCUT2D eigenvalue weighted by molar-refractivity contribution is 0.601. The van der Waals surface area contributed by atoms with Gasteiger partial charge >= 0.3 is 0 Å². The van der Waals surface area contributed by atoms with Crippen molar-refractivity contribution in [2.45, 2.75) is 11.8 Å². The van der Waals surface area contributed by atoms with Gasteiger partial charge in [-0.05, 0) is 53.2 Å². The van der Waals surface area contributed by atoms with Gasteiger partial charge in [-0.1, -0.05) is 23.2 Å². The van der Waals surface area contributed by atoms with E-state index in [1.165, 1.54) is 18.2 Å². The number of rotatable bonds is 3. The first kappa shape index (κ1) is 15.6. The number of halogens is 3. The second kappa shape index (κ2) is 5.89. The van der Waals surface area contributed by atoms with E-state index in [0.717, 1.165) is 4.47 Å². The quantitative estimate of drug-likeness (QED) is 0.844. The average molecular weight is 396 g/mol. The third kappa shape index (κ3) is 3.63. The predicted octanol–water partition coefficient (Wildman–Crippen LogP) is 4.26. The fraction of sp³-hybridized carbons (Fsp3) is 0.0833. The molecule has 1 aromatic heterocycles. The number of pyridine rings is 1. The van der Waals surface area contributed by atoms with Crippen LogP contribution in [0, 0.1) is 6.92 Å². The Morgan fingerprint density at radius 2 is 1.75 bits per heavy atom. The Labute approximate surface area is 135 Å². The second-order valence-corrected chi connectivity index (χ2v) is 7.38. The van der Waals surface area contributed by atoms with Crippen LogP contribution in [0.5, 0.6) is 0 Å². The highest BCUT2D eigenvalue weighted by atomic mass is 79.9. The molecule has 0 unspecified atom stereocenters. The lowest BCUT2D eigenvalue weighted by Crippen LogP contribution is -2.14. The maximum atomic E-state index is 12.2. The SMILES string of the molecule is Cc1nc(NS(=O)(=O)c2cc(Cl)cc(Cl)c2)ccc1Br. The van der Waals surface area contributed by atoms with Crippen molar-refractivity contribution in [3.05, 3.63) is 50.5 Å². The molecule has 1 N–H and O–H groups in total. The largest absolute Gasteiger partial charge is 0.263 e. The van der Waals surface area contributed by atoms with Gasteiger partial charge in [0, 0.05) is 14.5 Å². The first-order chi connectivity index (χ1) is 9.28. The standard InChI is InChI=1S/C12H9BrCl2N2O2S/c1-7-11(13)2-3-12(16-7)17-20(18,19)10-5-8(14)4-9(15)6-10/h2-6H,1H3,(H,16,17). The number of sulfonamides is 1. The van der Waals surface area contributed by atoms with Crippen LogP contribution >= 0.6 is 39.1 Å². The van der Waals surface area contributed by atoms with Gasteiger partial charge in [0.2, 0.25) is 0 Å². The van der Waals surface area contributed by atoms with Crippen molar-refractivity contribution in [2.24, 2.45) is 0 Å². The third-order valence-corrected chi connectivity index (χ3v) is 5.02. The fourth-order valence-electron chi connectivity index (χ4n) is 1.48. The van der Waals surface area contributed by atoms with Crippen LogP contribution in [0.2, 0.25) is 10.0 Å². The second-order valence-electron chi connectivity index (χ2n) is 3.97. The van der Waals surface area contributed by atoms with Crippen molar-refractivity contribution in [2.75, 3.05) is 4.72 Å². The van der Waals surface area contributed by atoms with Crippen LogP contribution < -0.4 is 4.72 Å². The number of hydrogen-bond donors (Lipinski definition) is 1. The van der Waals surface area contributed by atoms with E-state index in [9.17, 15) is 8.42 Å². The van der Waals surface area contributed by atoms with E-state index >= 15 is 0 Å². The molecule has 20 heavy (non-hydrogen) atoms. The highest BCUT2D eigenvalue weighted by Gasteiger charge is 2.16. The minimum atomic E-state index is -3.78. The fourth-order valence-corrected chi connectivity index (χ4v) is 3.43. The minimum Gasteiger partial charge on any atom is -0.263 e. The van der Waals surface area contributed by atoms with Crippen molar-refractivity contribution in [1.29, 1.82) is 0 Å². The lowest BCUT2D eigenvalue weighted by atomic mass is 10.4. The van der Waals surface area contributed by atoms with Crippen molar-refractivity contribution in [1.82, 2.24) is 4.98 Å². The number of anilines is 1. The Morgan fingerprint density at radius 1 is 1.15 bits per heavy atom. The van der Waals surface area contributed by atoms with E-state index in [1.54, 1.807) is 19.1 Å². The summed E-state index contributed by atoms with van der Waals surface area (Å²) in [6, 6.07) is 7.37. The number of hydrogen-bond acceptors (Lipinski definition) is 3. The Bertz CT molecular complexity index is 746. The molecule has 0 fully saturated rings. The van der Waals surface area contributed by atoms with Crippen LogP contribution in [0.15, 0.2) is 39.7 Å². The summed E-state index contributed by atoms with van der Waals surface area (Å²) in [6.07, 6.45) is 0. The predicted molar refractivity (Wildman–Crippen MR) is 83.9 cm³/mol. The molecular formula is C12H9BrCl2N2O2S. The Hall–Kier alpha value is -0.820. The molecule has 0 aliphatic rings. The molecule has 0 saturated heterocycles. The summed E-state index contributed by atoms with van der Waals surface area (Å²) in [4.78, 5) is 4.11. The molecule has 4 nitrogen and oxygen atoms in total. The summed E-state index contributed by atoms with van der Waals surface area (Å²) < 4.78 is 27.6. The molecule has 1 heterocycles. The summed E-state index contributed by atoms with van der Waals surface area (Å²) in [5.74, 6) is 0.224. The van der Waals surface area contributed by atoms with Gasteiger partial charge in [0.05, 0.1) is 10.6 Å². The van der Waals surface area contributed by atoms with Crippen molar-refractivity contribution in [3.63, 3.8) is 0 Å². The third-order valence-electron chi connectivity index (χ3n) is 2.41. The van der Waals surface area contributed by atoms with Gasteiger partial charge < -0.3 is 0 Å². The molecule has 2 rings (SSSR count). The maximum Gasteiger partial charge on any atom is 0.263 e. The maximum absolute atomic E-state index is 12.2. The zero-order valence-electron chi connectivity index (χ0n) is 10.2. The van der Waals surface area contributed by atoms with Gasteiger partial charge in [0.25, 0.3) is 10.0 Å². The Kier molecular flexibility index (Phi) is 4.59. The molecule has 0 amide bonds. The van der Waals surface area contributed by atoms with E-state index in [4.69, 9.17) is 23.2 Å². The number of benzene rings is 1. The molecular weight excluding hydrogens is 387 g/mol. The van der Waals surface area contributed by atoms with Crippen LogP contribution in [-0.2, 0) is 10.0 Å². The van der Waals surface area contributed by atoms with Gasteiger partial charge in [0.1, 0.15) is 5.82 Å². The topological polar surface area (TPSA) is 59.1 Å². The first-order valence-corrected chi connectivity index (χ1v) is 8.43. The smallest absolute Gasteiger partial charge is 0.263 e. The van der Waals surface area contributed by atoms with Gasteiger partial charge in [-0.2, -0.15) is 0 Å². The number of nitrogens with zero attached hydrogens (tertiary/aromatic N) is 1. The molecule has 0 bridgehead atoms. The lowest BCUT2D eigenvalue weighted by Gasteiger charge is -2.09. The summed E-state index contributed by atoms with van der Waals surface area (Å²) in [7, 11) is -3.78. The summed E-state index contributed by atoms with van der Waals surface area (Å²) in [5.41, 5.74) is 0.675. The monoisotopic (exact) mass is 394 g/mol. The molecule has 0 aliphatic heterocycles. The van der Waals surface area contributed by atoms with E-state index < -0.39 is 10.0 Å². The first-order valence-electron chi connectivity index (χ1n) is 5.40. The Balaban J connectivity index is 2.37. The zero-order chi connectivity index (χ0) is 14.9. The molecule has 2 aromatic rings. The highest BCUT2D eigenvalue weighted by Crippen LogP contribution is 2.24. The summed E-state index contributed by atoms with van der Waals surface area (Å²) in [5, 5.41) is 0.496. The van der Waals surface area contributed by atoms with Crippen molar-refractivity contribution < 1.29 is 8.42 Å². The van der Waals surface area contributed by atoms with Crippen molar-refractivity contribution in [3.8, 4) is 0 Å². The van der Waals surface area contributed by atoms with Gasteiger partial charge in [-0.15, -0.1) is 0 Å². The van der Waals surface area contributed by atoms with E-state index in [2.05, 4.69) is 25.6 Å². The normalized spacial score (nSPS) is 11.4.